The van der Waals surface area contributed by atoms with Crippen molar-refractivity contribution in [3.63, 3.8) is 0 Å². The van der Waals surface area contributed by atoms with Crippen molar-refractivity contribution in [3.05, 3.63) is 22.1 Å². The van der Waals surface area contributed by atoms with E-state index in [0.717, 1.165) is 25.2 Å². The normalized spacial score (nSPS) is 22.8. The number of hydrogen-bond donors (Lipinski definition) is 2. The third kappa shape index (κ3) is 1.63. The van der Waals surface area contributed by atoms with E-state index < -0.39 is 0 Å². The molecule has 1 saturated heterocycles. The van der Waals surface area contributed by atoms with E-state index in [4.69, 9.17) is 5.73 Å². The first kappa shape index (κ1) is 9.21. The fourth-order valence-electron chi connectivity index (χ4n) is 1.82. The standard InChI is InChI=1S/C9H14N4O/c1-13-3-2-6(5-13)8-4-7(10)9(14)12-11-8/h4,6H,2-3,5H2,1H3,(H2,10,11)(H,12,14). The smallest absolute Gasteiger partial charge is 0.287 e. The fourth-order valence-corrected chi connectivity index (χ4v) is 1.82. The van der Waals surface area contributed by atoms with Crippen LogP contribution in [0.2, 0.25) is 0 Å². The average molecular weight is 194 g/mol. The molecule has 1 aromatic rings. The van der Waals surface area contributed by atoms with Crippen molar-refractivity contribution in [3.8, 4) is 0 Å². The first-order valence-electron chi connectivity index (χ1n) is 4.70. The van der Waals surface area contributed by atoms with Crippen LogP contribution < -0.4 is 11.3 Å². The Labute approximate surface area is 81.9 Å². The van der Waals surface area contributed by atoms with Crippen LogP contribution in [0.25, 0.3) is 0 Å². The summed E-state index contributed by atoms with van der Waals surface area (Å²) in [6, 6.07) is 1.68. The molecular formula is C9H14N4O. The number of H-pyrrole nitrogens is 1. The summed E-state index contributed by atoms with van der Waals surface area (Å²) in [6.07, 6.45) is 1.08. The molecule has 5 heteroatoms. The van der Waals surface area contributed by atoms with Gasteiger partial charge in [-0.05, 0) is 26.1 Å². The molecule has 0 aromatic carbocycles. The summed E-state index contributed by atoms with van der Waals surface area (Å²) in [7, 11) is 2.08. The zero-order chi connectivity index (χ0) is 10.1. The van der Waals surface area contributed by atoms with Crippen molar-refractivity contribution in [1.29, 1.82) is 0 Å². The molecule has 1 atom stereocenters. The van der Waals surface area contributed by atoms with Crippen molar-refractivity contribution in [2.24, 2.45) is 0 Å². The summed E-state index contributed by atoms with van der Waals surface area (Å²) in [5, 5.41) is 6.42. The highest BCUT2D eigenvalue weighted by molar-refractivity contribution is 5.36. The molecule has 0 saturated carbocycles. The van der Waals surface area contributed by atoms with Crippen LogP contribution in [0.1, 0.15) is 18.0 Å². The minimum absolute atomic E-state index is 0.254. The molecular weight excluding hydrogens is 180 g/mol. The Morgan fingerprint density at radius 3 is 3.07 bits per heavy atom. The molecule has 1 fully saturated rings. The van der Waals surface area contributed by atoms with E-state index in [1.165, 1.54) is 0 Å². The lowest BCUT2D eigenvalue weighted by molar-refractivity contribution is 0.410. The summed E-state index contributed by atoms with van der Waals surface area (Å²) in [5.74, 6) is 0.402. The maximum absolute atomic E-state index is 11.0. The molecule has 2 heterocycles. The summed E-state index contributed by atoms with van der Waals surface area (Å²) in [4.78, 5) is 13.2. The van der Waals surface area contributed by atoms with Gasteiger partial charge in [0.05, 0.1) is 5.69 Å². The van der Waals surface area contributed by atoms with Gasteiger partial charge in [-0.3, -0.25) is 4.79 Å². The Kier molecular flexibility index (Phi) is 2.25. The number of nitrogens with two attached hydrogens (primary N) is 1. The Morgan fingerprint density at radius 2 is 2.50 bits per heavy atom. The van der Waals surface area contributed by atoms with E-state index >= 15 is 0 Å². The number of nitrogens with zero attached hydrogens (tertiary/aromatic N) is 2. The largest absolute Gasteiger partial charge is 0.394 e. The summed E-state index contributed by atoms with van der Waals surface area (Å²) in [5.41, 5.74) is 6.37. The first-order valence-corrected chi connectivity index (χ1v) is 4.70. The second-order valence-electron chi connectivity index (χ2n) is 3.83. The van der Waals surface area contributed by atoms with Crippen LogP contribution in [0.15, 0.2) is 10.9 Å². The number of nitrogens with one attached hydrogen (secondary N) is 1. The van der Waals surface area contributed by atoms with Crippen LogP contribution >= 0.6 is 0 Å². The van der Waals surface area contributed by atoms with Gasteiger partial charge in [0, 0.05) is 12.5 Å². The SMILES string of the molecule is CN1CCC(c2cc(N)c(=O)[nH]n2)C1. The lowest BCUT2D eigenvalue weighted by Gasteiger charge is -2.09. The molecule has 5 nitrogen and oxygen atoms in total. The number of anilines is 1. The number of rotatable bonds is 1. The zero-order valence-corrected chi connectivity index (χ0v) is 8.16. The lowest BCUT2D eigenvalue weighted by atomic mass is 10.0. The number of likely N-dealkylation sites (tertiary alicyclic amines) is 1. The van der Waals surface area contributed by atoms with Crippen molar-refractivity contribution in [2.45, 2.75) is 12.3 Å². The van der Waals surface area contributed by atoms with Crippen LogP contribution in [-0.2, 0) is 0 Å². The van der Waals surface area contributed by atoms with Gasteiger partial charge < -0.3 is 10.6 Å². The molecule has 2 rings (SSSR count). The molecule has 1 aromatic heterocycles. The molecule has 0 amide bonds. The second kappa shape index (κ2) is 3.42. The van der Waals surface area contributed by atoms with Crippen molar-refractivity contribution in [1.82, 2.24) is 15.1 Å². The van der Waals surface area contributed by atoms with E-state index in [1.807, 2.05) is 0 Å². The first-order chi connectivity index (χ1) is 6.66. The van der Waals surface area contributed by atoms with Gasteiger partial charge in [-0.25, -0.2) is 5.10 Å². The third-order valence-corrected chi connectivity index (χ3v) is 2.66. The van der Waals surface area contributed by atoms with E-state index in [1.54, 1.807) is 6.07 Å². The maximum atomic E-state index is 11.0. The molecule has 1 aliphatic heterocycles. The fraction of sp³-hybridized carbons (Fsp3) is 0.556. The Bertz CT molecular complexity index is 387. The Hall–Kier alpha value is -1.36. The molecule has 1 unspecified atom stereocenters. The number of aromatic nitrogens is 2. The van der Waals surface area contributed by atoms with Gasteiger partial charge in [0.15, 0.2) is 0 Å². The van der Waals surface area contributed by atoms with Gasteiger partial charge in [-0.15, -0.1) is 0 Å². The Morgan fingerprint density at radius 1 is 1.71 bits per heavy atom. The highest BCUT2D eigenvalue weighted by atomic mass is 16.1. The summed E-state index contributed by atoms with van der Waals surface area (Å²) >= 11 is 0. The molecule has 76 valence electrons. The lowest BCUT2D eigenvalue weighted by Crippen LogP contribution is -2.18. The monoisotopic (exact) mass is 194 g/mol. The van der Waals surface area contributed by atoms with Crippen LogP contribution in [0.5, 0.6) is 0 Å². The molecule has 0 spiro atoms. The van der Waals surface area contributed by atoms with Gasteiger partial charge >= 0.3 is 0 Å². The third-order valence-electron chi connectivity index (χ3n) is 2.66. The minimum Gasteiger partial charge on any atom is -0.394 e. The summed E-state index contributed by atoms with van der Waals surface area (Å²) < 4.78 is 0. The van der Waals surface area contributed by atoms with E-state index in [2.05, 4.69) is 22.1 Å². The summed E-state index contributed by atoms with van der Waals surface area (Å²) in [6.45, 7) is 2.06. The highest BCUT2D eigenvalue weighted by Gasteiger charge is 2.22. The molecule has 1 aliphatic rings. The number of likely N-dealkylation sites (N-methyl/N-ethyl adjacent to an activating group) is 1. The highest BCUT2D eigenvalue weighted by Crippen LogP contribution is 2.24. The average Bonchev–Trinajstić information content (AvgIpc) is 2.57. The zero-order valence-electron chi connectivity index (χ0n) is 8.16. The maximum Gasteiger partial charge on any atom is 0.287 e. The molecule has 0 bridgehead atoms. The van der Waals surface area contributed by atoms with Crippen molar-refractivity contribution < 1.29 is 0 Å². The second-order valence-corrected chi connectivity index (χ2v) is 3.83. The molecule has 0 radical (unpaired) electrons. The van der Waals surface area contributed by atoms with Crippen LogP contribution in [0, 0.1) is 0 Å². The molecule has 14 heavy (non-hydrogen) atoms. The van der Waals surface area contributed by atoms with Crippen LogP contribution in [-0.4, -0.2) is 35.2 Å². The topological polar surface area (TPSA) is 75.0 Å². The van der Waals surface area contributed by atoms with E-state index in [-0.39, 0.29) is 11.2 Å². The predicted molar refractivity (Wildman–Crippen MR) is 54.1 cm³/mol. The number of hydrogen-bond acceptors (Lipinski definition) is 4. The van der Waals surface area contributed by atoms with E-state index in [9.17, 15) is 4.79 Å². The molecule has 0 aliphatic carbocycles. The van der Waals surface area contributed by atoms with Crippen LogP contribution in [0.4, 0.5) is 5.69 Å². The van der Waals surface area contributed by atoms with Gasteiger partial charge in [0.25, 0.3) is 5.56 Å². The van der Waals surface area contributed by atoms with Gasteiger partial charge in [-0.1, -0.05) is 0 Å². The van der Waals surface area contributed by atoms with Crippen molar-refractivity contribution in [2.75, 3.05) is 25.9 Å². The molecule has 3 N–H and O–H groups in total. The van der Waals surface area contributed by atoms with Gasteiger partial charge in [0.2, 0.25) is 0 Å². The van der Waals surface area contributed by atoms with Crippen LogP contribution in [0.3, 0.4) is 0 Å². The Balaban J connectivity index is 2.25. The predicted octanol–water partition coefficient (Wildman–Crippen LogP) is -0.229. The van der Waals surface area contributed by atoms with E-state index in [0.29, 0.717) is 5.92 Å². The van der Waals surface area contributed by atoms with Gasteiger partial charge in [-0.2, -0.15) is 5.10 Å². The quantitative estimate of drug-likeness (QED) is 0.647. The minimum atomic E-state index is -0.305. The number of nitrogen functional groups attached to an aromatic ring is 1. The number of aromatic amines is 1. The van der Waals surface area contributed by atoms with Gasteiger partial charge in [0.1, 0.15) is 5.69 Å². The van der Waals surface area contributed by atoms with Crippen molar-refractivity contribution >= 4 is 5.69 Å².